The van der Waals surface area contributed by atoms with Crippen LogP contribution in [0.3, 0.4) is 0 Å². The van der Waals surface area contributed by atoms with Gasteiger partial charge in [-0.15, -0.1) is 0 Å². The standard InChI is InChI=1S/C25H24ClFN2O6/c1-14(29-24(31)21-22(30)20(33-3)11-12-28-21)25(32)34-15(2)23(35-17-7-5-4-6-8-17)18-10-9-16(27)13-19(18)26/h4-15,23,30H,1-3H3,(H,29,31)/t14-,15-,23-/m0/s1. The van der Waals surface area contributed by atoms with Crippen LogP contribution in [-0.4, -0.2) is 41.2 Å². The van der Waals surface area contributed by atoms with Gasteiger partial charge in [0.15, 0.2) is 23.3 Å². The molecule has 0 radical (unpaired) electrons. The SMILES string of the molecule is COc1ccnc(C(=O)N[C@@H](C)C(=O)O[C@@H](C)[C@H](Oc2ccccc2)c2ccc(F)cc2Cl)c1O. The van der Waals surface area contributed by atoms with E-state index in [1.807, 2.05) is 6.07 Å². The Balaban J connectivity index is 1.75. The first kappa shape index (κ1) is 25.8. The number of methoxy groups -OCH3 is 1. The highest BCUT2D eigenvalue weighted by atomic mass is 35.5. The summed E-state index contributed by atoms with van der Waals surface area (Å²) >= 11 is 6.25. The van der Waals surface area contributed by atoms with Crippen molar-refractivity contribution in [3.8, 4) is 17.2 Å². The van der Waals surface area contributed by atoms with Crippen LogP contribution in [0, 0.1) is 5.82 Å². The van der Waals surface area contributed by atoms with E-state index in [0.717, 1.165) is 6.07 Å². The number of rotatable bonds is 9. The van der Waals surface area contributed by atoms with Crippen LogP contribution in [0.25, 0.3) is 0 Å². The summed E-state index contributed by atoms with van der Waals surface area (Å²) < 4.78 is 30.2. The van der Waals surface area contributed by atoms with Crippen molar-refractivity contribution in [3.63, 3.8) is 0 Å². The molecule has 0 aliphatic heterocycles. The Morgan fingerprint density at radius 2 is 1.83 bits per heavy atom. The summed E-state index contributed by atoms with van der Waals surface area (Å²) in [5, 5.41) is 12.7. The summed E-state index contributed by atoms with van der Waals surface area (Å²) in [4.78, 5) is 29.1. The zero-order valence-corrected chi connectivity index (χ0v) is 20.0. The molecule has 0 fully saturated rings. The second-order valence-corrected chi connectivity index (χ2v) is 7.97. The maximum absolute atomic E-state index is 13.6. The van der Waals surface area contributed by atoms with E-state index in [1.54, 1.807) is 31.2 Å². The Bertz CT molecular complexity index is 1190. The van der Waals surface area contributed by atoms with Gasteiger partial charge in [0.05, 0.1) is 12.1 Å². The van der Waals surface area contributed by atoms with Gasteiger partial charge in [-0.2, -0.15) is 0 Å². The zero-order valence-electron chi connectivity index (χ0n) is 19.2. The summed E-state index contributed by atoms with van der Waals surface area (Å²) in [5.41, 5.74) is 0.111. The van der Waals surface area contributed by atoms with Gasteiger partial charge in [0, 0.05) is 17.8 Å². The monoisotopic (exact) mass is 502 g/mol. The van der Waals surface area contributed by atoms with Gasteiger partial charge in [-0.25, -0.2) is 14.2 Å². The molecule has 0 saturated heterocycles. The molecule has 2 aromatic carbocycles. The predicted octanol–water partition coefficient (Wildman–Crippen LogP) is 4.46. The fourth-order valence-corrected chi connectivity index (χ4v) is 3.50. The highest BCUT2D eigenvalue weighted by Crippen LogP contribution is 2.32. The number of nitrogens with one attached hydrogen (secondary N) is 1. The number of aromatic hydroxyl groups is 1. The number of amides is 1. The van der Waals surface area contributed by atoms with Crippen molar-refractivity contribution in [2.24, 2.45) is 0 Å². The van der Waals surface area contributed by atoms with Crippen LogP contribution < -0.4 is 14.8 Å². The minimum absolute atomic E-state index is 0.0612. The number of ether oxygens (including phenoxy) is 3. The first-order valence-corrected chi connectivity index (χ1v) is 11.0. The summed E-state index contributed by atoms with van der Waals surface area (Å²) in [7, 11) is 1.33. The maximum Gasteiger partial charge on any atom is 0.328 e. The average Bonchev–Trinajstić information content (AvgIpc) is 2.83. The molecule has 3 atom stereocenters. The third kappa shape index (κ3) is 6.39. The van der Waals surface area contributed by atoms with E-state index >= 15 is 0 Å². The third-order valence-electron chi connectivity index (χ3n) is 5.03. The number of esters is 1. The summed E-state index contributed by atoms with van der Waals surface area (Å²) in [6.07, 6.45) is -0.467. The van der Waals surface area contributed by atoms with E-state index < -0.39 is 41.7 Å². The first-order chi connectivity index (χ1) is 16.7. The molecule has 3 aromatic rings. The second-order valence-electron chi connectivity index (χ2n) is 7.56. The van der Waals surface area contributed by atoms with Crippen LogP contribution in [0.1, 0.15) is 36.0 Å². The summed E-state index contributed by atoms with van der Waals surface area (Å²) in [6, 6.07) is 12.9. The molecule has 2 N–H and O–H groups in total. The normalized spacial score (nSPS) is 13.3. The lowest BCUT2D eigenvalue weighted by molar-refractivity contribution is -0.154. The second kappa shape index (κ2) is 11.5. The van der Waals surface area contributed by atoms with Crippen molar-refractivity contribution >= 4 is 23.5 Å². The Morgan fingerprint density at radius 1 is 1.11 bits per heavy atom. The van der Waals surface area contributed by atoms with Crippen LogP contribution in [-0.2, 0) is 9.53 Å². The average molecular weight is 503 g/mol. The minimum atomic E-state index is -1.10. The molecular weight excluding hydrogens is 479 g/mol. The molecule has 10 heteroatoms. The van der Waals surface area contributed by atoms with E-state index in [2.05, 4.69) is 10.3 Å². The van der Waals surface area contributed by atoms with Crippen molar-refractivity contribution < 1.29 is 33.3 Å². The quantitative estimate of drug-likeness (QED) is 0.416. The zero-order chi connectivity index (χ0) is 25.5. The van der Waals surface area contributed by atoms with Crippen LogP contribution in [0.15, 0.2) is 60.8 Å². The number of aromatic nitrogens is 1. The lowest BCUT2D eigenvalue weighted by Crippen LogP contribution is -2.42. The van der Waals surface area contributed by atoms with Crippen molar-refractivity contribution in [2.75, 3.05) is 7.11 Å². The smallest absolute Gasteiger partial charge is 0.328 e. The third-order valence-corrected chi connectivity index (χ3v) is 5.35. The lowest BCUT2D eigenvalue weighted by Gasteiger charge is -2.27. The van der Waals surface area contributed by atoms with Crippen molar-refractivity contribution in [2.45, 2.75) is 32.1 Å². The molecular formula is C25H24ClFN2O6. The largest absolute Gasteiger partial charge is 0.503 e. The van der Waals surface area contributed by atoms with Crippen molar-refractivity contribution in [1.29, 1.82) is 0 Å². The Labute approximate surface area is 206 Å². The topological polar surface area (TPSA) is 107 Å². The molecule has 3 rings (SSSR count). The molecule has 1 amide bonds. The van der Waals surface area contributed by atoms with Crippen LogP contribution >= 0.6 is 11.6 Å². The molecule has 0 aliphatic rings. The van der Waals surface area contributed by atoms with Gasteiger partial charge in [-0.1, -0.05) is 35.9 Å². The highest BCUT2D eigenvalue weighted by Gasteiger charge is 2.30. The number of hydrogen-bond donors (Lipinski definition) is 2. The van der Waals surface area contributed by atoms with Crippen LogP contribution in [0.5, 0.6) is 17.2 Å². The number of nitrogens with zero attached hydrogens (tertiary/aromatic N) is 1. The molecule has 1 heterocycles. The number of carbonyl (C=O) groups excluding carboxylic acids is 2. The number of benzene rings is 2. The Kier molecular flexibility index (Phi) is 8.48. The molecule has 35 heavy (non-hydrogen) atoms. The Morgan fingerprint density at radius 3 is 2.49 bits per heavy atom. The van der Waals surface area contributed by atoms with Gasteiger partial charge >= 0.3 is 5.97 Å². The number of hydrogen-bond acceptors (Lipinski definition) is 7. The van der Waals surface area contributed by atoms with Crippen molar-refractivity contribution in [1.82, 2.24) is 10.3 Å². The highest BCUT2D eigenvalue weighted by molar-refractivity contribution is 6.31. The van der Waals surface area contributed by atoms with E-state index in [1.165, 1.54) is 38.4 Å². The minimum Gasteiger partial charge on any atom is -0.503 e. The number of halogens is 2. The molecule has 184 valence electrons. The molecule has 0 spiro atoms. The summed E-state index contributed by atoms with van der Waals surface area (Å²) in [6.45, 7) is 3.01. The molecule has 0 saturated carbocycles. The number of para-hydroxylation sites is 1. The predicted molar refractivity (Wildman–Crippen MR) is 126 cm³/mol. The Hall–Kier alpha value is -3.85. The fourth-order valence-electron chi connectivity index (χ4n) is 3.23. The van der Waals surface area contributed by atoms with E-state index in [4.69, 9.17) is 25.8 Å². The molecule has 8 nitrogen and oxygen atoms in total. The molecule has 0 unspecified atom stereocenters. The fraction of sp³-hybridized carbons (Fsp3) is 0.240. The van der Waals surface area contributed by atoms with Gasteiger partial charge in [-0.05, 0) is 38.1 Å². The van der Waals surface area contributed by atoms with Gasteiger partial charge < -0.3 is 24.6 Å². The first-order valence-electron chi connectivity index (χ1n) is 10.6. The number of carbonyl (C=O) groups is 2. The maximum atomic E-state index is 13.6. The van der Waals surface area contributed by atoms with E-state index in [-0.39, 0.29) is 16.5 Å². The lowest BCUT2D eigenvalue weighted by atomic mass is 10.0. The van der Waals surface area contributed by atoms with Gasteiger partial charge in [-0.3, -0.25) is 4.79 Å². The van der Waals surface area contributed by atoms with Crippen molar-refractivity contribution in [3.05, 3.63) is 82.9 Å². The van der Waals surface area contributed by atoms with Crippen LogP contribution in [0.4, 0.5) is 4.39 Å². The molecule has 0 aliphatic carbocycles. The summed E-state index contributed by atoms with van der Waals surface area (Å²) in [5.74, 6) is -1.99. The van der Waals surface area contributed by atoms with E-state index in [0.29, 0.717) is 11.3 Å². The van der Waals surface area contributed by atoms with Crippen LogP contribution in [0.2, 0.25) is 5.02 Å². The molecule has 0 bridgehead atoms. The molecule has 1 aromatic heterocycles. The van der Waals surface area contributed by atoms with Gasteiger partial charge in [0.2, 0.25) is 0 Å². The van der Waals surface area contributed by atoms with Gasteiger partial charge in [0.1, 0.15) is 23.7 Å². The number of pyridine rings is 1. The van der Waals surface area contributed by atoms with E-state index in [9.17, 15) is 19.1 Å². The van der Waals surface area contributed by atoms with Gasteiger partial charge in [0.25, 0.3) is 5.91 Å².